The summed E-state index contributed by atoms with van der Waals surface area (Å²) in [4.78, 5) is 23.7. The molecule has 0 saturated carbocycles. The zero-order chi connectivity index (χ0) is 13.9. The van der Waals surface area contributed by atoms with Crippen LogP contribution in [0.1, 0.15) is 28.8 Å². The second-order valence-electron chi connectivity index (χ2n) is 4.82. The fourth-order valence-corrected chi connectivity index (χ4v) is 3.38. The molecule has 5 heteroatoms. The number of aryl methyl sites for hydroxylation is 1. The molecular formula is C14H17NO3S. The van der Waals surface area contributed by atoms with Gasteiger partial charge in [0.25, 0.3) is 5.91 Å². The number of rotatable bonds is 3. The van der Waals surface area contributed by atoms with Gasteiger partial charge in [-0.05, 0) is 43.4 Å². The molecule has 0 radical (unpaired) electrons. The molecule has 0 spiro atoms. The van der Waals surface area contributed by atoms with Crippen LogP contribution in [0.25, 0.3) is 0 Å². The number of aliphatic carboxylic acids is 1. The van der Waals surface area contributed by atoms with Crippen molar-refractivity contribution in [3.05, 3.63) is 35.4 Å². The van der Waals surface area contributed by atoms with Crippen LogP contribution in [-0.4, -0.2) is 34.0 Å². The van der Waals surface area contributed by atoms with E-state index in [0.29, 0.717) is 18.4 Å². The Morgan fingerprint density at radius 3 is 2.58 bits per heavy atom. The van der Waals surface area contributed by atoms with Gasteiger partial charge in [-0.3, -0.25) is 4.79 Å². The quantitative estimate of drug-likeness (QED) is 0.889. The van der Waals surface area contributed by atoms with E-state index in [-0.39, 0.29) is 5.91 Å². The maximum absolute atomic E-state index is 12.2. The smallest absolute Gasteiger partial charge is 0.329 e. The molecule has 1 aliphatic rings. The van der Waals surface area contributed by atoms with Crippen molar-refractivity contribution < 1.29 is 14.7 Å². The minimum atomic E-state index is -1.11. The Balaban J connectivity index is 2.18. The van der Waals surface area contributed by atoms with E-state index in [9.17, 15) is 14.7 Å². The first kappa shape index (κ1) is 13.9. The summed E-state index contributed by atoms with van der Waals surface area (Å²) in [5, 5.41) is 12.1. The maximum atomic E-state index is 12.2. The van der Waals surface area contributed by atoms with Crippen molar-refractivity contribution >= 4 is 23.6 Å². The van der Waals surface area contributed by atoms with Crippen molar-refractivity contribution in [1.82, 2.24) is 5.32 Å². The van der Waals surface area contributed by atoms with E-state index in [1.165, 1.54) is 0 Å². The third-order valence-electron chi connectivity index (χ3n) is 3.39. The van der Waals surface area contributed by atoms with Crippen molar-refractivity contribution in [3.8, 4) is 0 Å². The topological polar surface area (TPSA) is 66.4 Å². The summed E-state index contributed by atoms with van der Waals surface area (Å²) in [5.41, 5.74) is 0.390. The molecule has 1 saturated heterocycles. The molecule has 19 heavy (non-hydrogen) atoms. The molecule has 2 N–H and O–H groups in total. The van der Waals surface area contributed by atoms with E-state index in [1.807, 2.05) is 13.0 Å². The highest BCUT2D eigenvalue weighted by Gasteiger charge is 2.41. The van der Waals surface area contributed by atoms with Crippen LogP contribution >= 0.6 is 11.8 Å². The van der Waals surface area contributed by atoms with E-state index < -0.39 is 11.5 Å². The van der Waals surface area contributed by atoms with Gasteiger partial charge in [-0.2, -0.15) is 11.8 Å². The van der Waals surface area contributed by atoms with Gasteiger partial charge in [0.2, 0.25) is 0 Å². The number of hydrogen-bond donors (Lipinski definition) is 2. The Labute approximate surface area is 116 Å². The molecule has 4 nitrogen and oxygen atoms in total. The van der Waals surface area contributed by atoms with Gasteiger partial charge in [0.05, 0.1) is 0 Å². The molecule has 1 aliphatic heterocycles. The molecule has 0 atom stereocenters. The molecule has 1 heterocycles. The monoisotopic (exact) mass is 279 g/mol. The SMILES string of the molecule is Cc1cccc(C(=O)NC2(C(=O)O)CCSCC2)c1. The summed E-state index contributed by atoms with van der Waals surface area (Å²) in [6.07, 6.45) is 0.953. The molecule has 0 bridgehead atoms. The number of carbonyl (C=O) groups excluding carboxylic acids is 1. The number of hydrogen-bond acceptors (Lipinski definition) is 3. The number of benzene rings is 1. The predicted octanol–water partition coefficient (Wildman–Crippen LogP) is 2.08. The van der Waals surface area contributed by atoms with Crippen LogP contribution in [0.2, 0.25) is 0 Å². The highest BCUT2D eigenvalue weighted by molar-refractivity contribution is 7.99. The first-order valence-electron chi connectivity index (χ1n) is 6.24. The summed E-state index contributed by atoms with van der Waals surface area (Å²) in [7, 11) is 0. The number of carboxylic acid groups (broad SMARTS) is 1. The van der Waals surface area contributed by atoms with Gasteiger partial charge < -0.3 is 10.4 Å². The lowest BCUT2D eigenvalue weighted by Crippen LogP contribution is -2.56. The molecule has 0 unspecified atom stereocenters. The zero-order valence-corrected chi connectivity index (χ0v) is 11.6. The lowest BCUT2D eigenvalue weighted by Gasteiger charge is -2.33. The van der Waals surface area contributed by atoms with Gasteiger partial charge in [0, 0.05) is 5.56 Å². The Kier molecular flexibility index (Phi) is 4.14. The van der Waals surface area contributed by atoms with Gasteiger partial charge in [-0.15, -0.1) is 0 Å². The molecule has 1 aromatic carbocycles. The van der Waals surface area contributed by atoms with Gasteiger partial charge in [-0.25, -0.2) is 4.79 Å². The number of thioether (sulfide) groups is 1. The second-order valence-corrected chi connectivity index (χ2v) is 6.05. The number of nitrogens with one attached hydrogen (secondary N) is 1. The summed E-state index contributed by atoms with van der Waals surface area (Å²) in [6, 6.07) is 7.17. The summed E-state index contributed by atoms with van der Waals surface area (Å²) < 4.78 is 0. The van der Waals surface area contributed by atoms with E-state index in [1.54, 1.807) is 30.0 Å². The summed E-state index contributed by atoms with van der Waals surface area (Å²) in [5.74, 6) is 0.285. The number of carbonyl (C=O) groups is 2. The zero-order valence-electron chi connectivity index (χ0n) is 10.8. The van der Waals surface area contributed by atoms with Crippen molar-refractivity contribution in [2.24, 2.45) is 0 Å². The molecule has 2 rings (SSSR count). The van der Waals surface area contributed by atoms with E-state index >= 15 is 0 Å². The number of carboxylic acids is 1. The first-order valence-corrected chi connectivity index (χ1v) is 7.39. The summed E-state index contributed by atoms with van der Waals surface area (Å²) in [6.45, 7) is 1.90. The third kappa shape index (κ3) is 3.10. The van der Waals surface area contributed by atoms with Crippen molar-refractivity contribution in [1.29, 1.82) is 0 Å². The minimum Gasteiger partial charge on any atom is -0.480 e. The molecule has 0 aliphatic carbocycles. The third-order valence-corrected chi connectivity index (χ3v) is 4.37. The van der Waals surface area contributed by atoms with Crippen molar-refractivity contribution in [2.45, 2.75) is 25.3 Å². The molecule has 1 amide bonds. The average Bonchev–Trinajstić information content (AvgIpc) is 2.39. The summed E-state index contributed by atoms with van der Waals surface area (Å²) >= 11 is 1.73. The lowest BCUT2D eigenvalue weighted by molar-refractivity contribution is -0.144. The Hall–Kier alpha value is -1.49. The molecule has 0 aromatic heterocycles. The highest BCUT2D eigenvalue weighted by atomic mass is 32.2. The van der Waals surface area contributed by atoms with Crippen molar-refractivity contribution in [3.63, 3.8) is 0 Å². The first-order chi connectivity index (χ1) is 9.03. The maximum Gasteiger partial charge on any atom is 0.329 e. The van der Waals surface area contributed by atoms with Crippen LogP contribution in [0, 0.1) is 6.92 Å². The fraction of sp³-hybridized carbons (Fsp3) is 0.429. The Morgan fingerprint density at radius 1 is 1.32 bits per heavy atom. The van der Waals surface area contributed by atoms with Gasteiger partial charge in [0.15, 0.2) is 0 Å². The van der Waals surface area contributed by atoms with Crippen LogP contribution in [0.4, 0.5) is 0 Å². The Morgan fingerprint density at radius 2 is 2.00 bits per heavy atom. The van der Waals surface area contributed by atoms with Gasteiger partial charge in [-0.1, -0.05) is 17.7 Å². The Bertz CT molecular complexity index is 495. The molecule has 1 aromatic rings. The largest absolute Gasteiger partial charge is 0.480 e. The van der Waals surface area contributed by atoms with Crippen LogP contribution in [0.3, 0.4) is 0 Å². The molecule has 1 fully saturated rings. The molecule has 102 valence electrons. The standard InChI is InChI=1S/C14H17NO3S/c1-10-3-2-4-11(9-10)12(16)15-14(13(17)18)5-7-19-8-6-14/h2-4,9H,5-8H2,1H3,(H,15,16)(H,17,18). The van der Waals surface area contributed by atoms with Gasteiger partial charge >= 0.3 is 5.97 Å². The van der Waals surface area contributed by atoms with Crippen LogP contribution in [0.15, 0.2) is 24.3 Å². The second kappa shape index (κ2) is 5.65. The number of amides is 1. The fourth-order valence-electron chi connectivity index (χ4n) is 2.19. The van der Waals surface area contributed by atoms with Crippen molar-refractivity contribution in [2.75, 3.05) is 11.5 Å². The van der Waals surface area contributed by atoms with E-state index in [4.69, 9.17) is 0 Å². The normalized spacial score (nSPS) is 17.7. The highest BCUT2D eigenvalue weighted by Crippen LogP contribution is 2.27. The lowest BCUT2D eigenvalue weighted by atomic mass is 9.91. The minimum absolute atomic E-state index is 0.307. The predicted molar refractivity (Wildman–Crippen MR) is 75.6 cm³/mol. The van der Waals surface area contributed by atoms with E-state index in [0.717, 1.165) is 17.1 Å². The average molecular weight is 279 g/mol. The van der Waals surface area contributed by atoms with Crippen LogP contribution in [-0.2, 0) is 4.79 Å². The van der Waals surface area contributed by atoms with E-state index in [2.05, 4.69) is 5.32 Å². The van der Waals surface area contributed by atoms with Gasteiger partial charge in [0.1, 0.15) is 5.54 Å². The van der Waals surface area contributed by atoms with Crippen LogP contribution in [0.5, 0.6) is 0 Å². The van der Waals surface area contributed by atoms with Crippen LogP contribution < -0.4 is 5.32 Å². The molecular weight excluding hydrogens is 262 g/mol.